The van der Waals surface area contributed by atoms with Gasteiger partial charge in [0.2, 0.25) is 0 Å². The van der Waals surface area contributed by atoms with Crippen LogP contribution in [0.3, 0.4) is 0 Å². The average Bonchev–Trinajstić information content (AvgIpc) is 2.77. The zero-order chi connectivity index (χ0) is 20.5. The topological polar surface area (TPSA) is 38.3 Å². The first-order valence-corrected chi connectivity index (χ1v) is 9.91. The number of methoxy groups -OCH3 is 1. The molecule has 0 spiro atoms. The Morgan fingerprint density at radius 1 is 0.931 bits per heavy atom. The van der Waals surface area contributed by atoms with Gasteiger partial charge in [0.15, 0.2) is 0 Å². The van der Waals surface area contributed by atoms with E-state index in [1.165, 1.54) is 5.56 Å². The number of benzene rings is 3. The molecule has 0 radical (unpaired) electrons. The van der Waals surface area contributed by atoms with E-state index in [1.54, 1.807) is 7.11 Å². The number of ether oxygens (including phenoxy) is 1. The van der Waals surface area contributed by atoms with E-state index in [0.29, 0.717) is 5.57 Å². The number of hydrogen-bond donors (Lipinski definition) is 1. The lowest BCUT2D eigenvalue weighted by atomic mass is 10.0. The predicted molar refractivity (Wildman–Crippen MR) is 120 cm³/mol. The lowest BCUT2D eigenvalue weighted by molar-refractivity contribution is -0.116. The van der Waals surface area contributed by atoms with E-state index in [2.05, 4.69) is 24.4 Å². The third-order valence-corrected chi connectivity index (χ3v) is 4.84. The SMILES string of the molecule is COc1ccc(/C=C(/C(=O)N[C@H](C)CCc2ccccc2)c2ccccc2)cc1. The summed E-state index contributed by atoms with van der Waals surface area (Å²) in [5.41, 5.74) is 3.79. The van der Waals surface area contributed by atoms with Crippen molar-refractivity contribution in [2.45, 2.75) is 25.8 Å². The van der Waals surface area contributed by atoms with Gasteiger partial charge in [0.05, 0.1) is 7.11 Å². The minimum Gasteiger partial charge on any atom is -0.497 e. The lowest BCUT2D eigenvalue weighted by Crippen LogP contribution is -2.33. The van der Waals surface area contributed by atoms with Crippen molar-refractivity contribution in [1.29, 1.82) is 0 Å². The zero-order valence-corrected chi connectivity index (χ0v) is 17.0. The molecule has 0 aliphatic rings. The monoisotopic (exact) mass is 385 g/mol. The molecule has 0 saturated carbocycles. The van der Waals surface area contributed by atoms with Crippen molar-refractivity contribution < 1.29 is 9.53 Å². The second-order valence-electron chi connectivity index (χ2n) is 7.10. The Labute approximate surface area is 173 Å². The first-order chi connectivity index (χ1) is 14.2. The van der Waals surface area contributed by atoms with Gasteiger partial charge in [-0.05, 0) is 54.7 Å². The van der Waals surface area contributed by atoms with E-state index in [0.717, 1.165) is 29.7 Å². The number of hydrogen-bond acceptors (Lipinski definition) is 2. The molecule has 1 atom stereocenters. The van der Waals surface area contributed by atoms with E-state index in [-0.39, 0.29) is 11.9 Å². The number of aryl methyl sites for hydroxylation is 1. The highest BCUT2D eigenvalue weighted by molar-refractivity contribution is 6.24. The van der Waals surface area contributed by atoms with Gasteiger partial charge in [-0.2, -0.15) is 0 Å². The fourth-order valence-electron chi connectivity index (χ4n) is 3.17. The molecular formula is C26H27NO2. The summed E-state index contributed by atoms with van der Waals surface area (Å²) in [4.78, 5) is 13.1. The Morgan fingerprint density at radius 2 is 1.55 bits per heavy atom. The molecule has 3 heteroatoms. The third-order valence-electron chi connectivity index (χ3n) is 4.84. The van der Waals surface area contributed by atoms with Crippen LogP contribution in [0.5, 0.6) is 5.75 Å². The summed E-state index contributed by atoms with van der Waals surface area (Å²) < 4.78 is 5.22. The number of nitrogens with one attached hydrogen (secondary N) is 1. The molecule has 0 unspecified atom stereocenters. The highest BCUT2D eigenvalue weighted by Gasteiger charge is 2.15. The fraction of sp³-hybridized carbons (Fsp3) is 0.192. The zero-order valence-electron chi connectivity index (χ0n) is 17.0. The molecule has 0 aromatic heterocycles. The minimum absolute atomic E-state index is 0.0624. The second kappa shape index (κ2) is 10.3. The van der Waals surface area contributed by atoms with Gasteiger partial charge in [0, 0.05) is 11.6 Å². The van der Waals surface area contributed by atoms with Gasteiger partial charge < -0.3 is 10.1 Å². The number of rotatable bonds is 8. The largest absolute Gasteiger partial charge is 0.497 e. The van der Waals surface area contributed by atoms with Gasteiger partial charge in [-0.3, -0.25) is 4.79 Å². The fourth-order valence-corrected chi connectivity index (χ4v) is 3.17. The van der Waals surface area contributed by atoms with Crippen LogP contribution in [-0.2, 0) is 11.2 Å². The molecule has 0 heterocycles. The molecular weight excluding hydrogens is 358 g/mol. The van der Waals surface area contributed by atoms with Crippen LogP contribution in [0.2, 0.25) is 0 Å². The van der Waals surface area contributed by atoms with Crippen LogP contribution in [0.4, 0.5) is 0 Å². The van der Waals surface area contributed by atoms with Crippen molar-refractivity contribution >= 4 is 17.6 Å². The van der Waals surface area contributed by atoms with E-state index >= 15 is 0 Å². The Balaban J connectivity index is 1.74. The summed E-state index contributed by atoms with van der Waals surface area (Å²) >= 11 is 0. The molecule has 0 aliphatic carbocycles. The maximum absolute atomic E-state index is 13.1. The highest BCUT2D eigenvalue weighted by atomic mass is 16.5. The molecule has 3 aromatic rings. The van der Waals surface area contributed by atoms with E-state index < -0.39 is 0 Å². The Morgan fingerprint density at radius 3 is 2.17 bits per heavy atom. The maximum Gasteiger partial charge on any atom is 0.252 e. The average molecular weight is 386 g/mol. The van der Waals surface area contributed by atoms with Crippen molar-refractivity contribution in [2.75, 3.05) is 7.11 Å². The van der Waals surface area contributed by atoms with E-state index in [4.69, 9.17) is 4.74 Å². The van der Waals surface area contributed by atoms with Gasteiger partial charge in [0.1, 0.15) is 5.75 Å². The molecule has 3 nitrogen and oxygen atoms in total. The molecule has 1 N–H and O–H groups in total. The summed E-state index contributed by atoms with van der Waals surface area (Å²) in [5, 5.41) is 3.16. The standard InChI is InChI=1S/C26H27NO2/c1-20(13-14-21-9-5-3-6-10-21)27-26(28)25(23-11-7-4-8-12-23)19-22-15-17-24(29-2)18-16-22/h3-12,15-20H,13-14H2,1-2H3,(H,27,28)/b25-19+/t20-/m1/s1. The molecule has 0 bridgehead atoms. The van der Waals surface area contributed by atoms with E-state index in [9.17, 15) is 4.79 Å². The summed E-state index contributed by atoms with van der Waals surface area (Å²) in [7, 11) is 1.64. The summed E-state index contributed by atoms with van der Waals surface area (Å²) in [6.07, 6.45) is 3.75. The van der Waals surface area contributed by atoms with Gasteiger partial charge in [-0.1, -0.05) is 72.8 Å². The summed E-state index contributed by atoms with van der Waals surface area (Å²) in [6, 6.07) is 27.9. The van der Waals surface area contributed by atoms with Crippen LogP contribution in [0.1, 0.15) is 30.0 Å². The third kappa shape index (κ3) is 6.08. The molecule has 0 aliphatic heterocycles. The minimum atomic E-state index is -0.0624. The first-order valence-electron chi connectivity index (χ1n) is 9.91. The number of carbonyl (C=O) groups is 1. The Bertz CT molecular complexity index is 931. The maximum atomic E-state index is 13.1. The van der Waals surface area contributed by atoms with Crippen molar-refractivity contribution in [2.24, 2.45) is 0 Å². The van der Waals surface area contributed by atoms with Crippen LogP contribution in [0, 0.1) is 0 Å². The molecule has 29 heavy (non-hydrogen) atoms. The Kier molecular flexibility index (Phi) is 7.23. The Hall–Kier alpha value is -3.33. The second-order valence-corrected chi connectivity index (χ2v) is 7.10. The summed E-state index contributed by atoms with van der Waals surface area (Å²) in [5.74, 6) is 0.731. The van der Waals surface area contributed by atoms with Crippen LogP contribution < -0.4 is 10.1 Å². The van der Waals surface area contributed by atoms with Gasteiger partial charge >= 0.3 is 0 Å². The van der Waals surface area contributed by atoms with Crippen molar-refractivity contribution in [3.05, 3.63) is 102 Å². The van der Waals surface area contributed by atoms with Crippen LogP contribution in [0.15, 0.2) is 84.9 Å². The van der Waals surface area contributed by atoms with Crippen molar-refractivity contribution in [1.82, 2.24) is 5.32 Å². The number of amides is 1. The molecule has 3 rings (SSSR count). The normalized spacial score (nSPS) is 12.3. The lowest BCUT2D eigenvalue weighted by Gasteiger charge is -2.16. The van der Waals surface area contributed by atoms with Gasteiger partial charge in [0.25, 0.3) is 5.91 Å². The van der Waals surface area contributed by atoms with Crippen LogP contribution >= 0.6 is 0 Å². The molecule has 0 saturated heterocycles. The van der Waals surface area contributed by atoms with Crippen molar-refractivity contribution in [3.63, 3.8) is 0 Å². The molecule has 148 valence electrons. The predicted octanol–water partition coefficient (Wildman–Crippen LogP) is 5.37. The van der Waals surface area contributed by atoms with Crippen molar-refractivity contribution in [3.8, 4) is 5.75 Å². The molecule has 3 aromatic carbocycles. The quantitative estimate of drug-likeness (QED) is 0.418. The van der Waals surface area contributed by atoms with Gasteiger partial charge in [-0.25, -0.2) is 0 Å². The molecule has 0 fully saturated rings. The van der Waals surface area contributed by atoms with Crippen LogP contribution in [-0.4, -0.2) is 19.1 Å². The van der Waals surface area contributed by atoms with E-state index in [1.807, 2.05) is 78.9 Å². The summed E-state index contributed by atoms with van der Waals surface area (Å²) in [6.45, 7) is 2.05. The smallest absolute Gasteiger partial charge is 0.252 e. The first kappa shape index (κ1) is 20.4. The van der Waals surface area contributed by atoms with Gasteiger partial charge in [-0.15, -0.1) is 0 Å². The highest BCUT2D eigenvalue weighted by Crippen LogP contribution is 2.21. The van der Waals surface area contributed by atoms with Crippen LogP contribution in [0.25, 0.3) is 11.6 Å². The molecule has 1 amide bonds. The number of carbonyl (C=O) groups excluding carboxylic acids is 1.